The zero-order valence-electron chi connectivity index (χ0n) is 15.9. The molecule has 0 radical (unpaired) electrons. The van der Waals surface area contributed by atoms with Crippen LogP contribution in [-0.4, -0.2) is 28.4 Å². The van der Waals surface area contributed by atoms with Crippen LogP contribution >= 0.6 is 11.3 Å². The van der Waals surface area contributed by atoms with E-state index in [4.69, 9.17) is 0 Å². The molecular weight excluding hydrogens is 384 g/mol. The molecule has 3 amide bonds. The summed E-state index contributed by atoms with van der Waals surface area (Å²) in [5.74, 6) is -0.205. The van der Waals surface area contributed by atoms with Crippen LogP contribution in [0.4, 0.5) is 10.5 Å². The van der Waals surface area contributed by atoms with Gasteiger partial charge in [0.1, 0.15) is 0 Å². The Labute approximate surface area is 173 Å². The first kappa shape index (κ1) is 19.1. The molecule has 3 aromatic rings. The molecule has 1 fully saturated rings. The fourth-order valence-corrected chi connectivity index (χ4v) is 4.24. The van der Waals surface area contributed by atoms with Crippen molar-refractivity contribution in [3.8, 4) is 0 Å². The molecule has 1 saturated heterocycles. The second kappa shape index (κ2) is 8.87. The highest BCUT2D eigenvalue weighted by Gasteiger charge is 2.30. The number of aromatic nitrogens is 1. The van der Waals surface area contributed by atoms with Gasteiger partial charge in [0.25, 0.3) is 5.91 Å². The minimum absolute atomic E-state index is 0.117. The number of rotatable bonds is 5. The lowest BCUT2D eigenvalue weighted by Crippen LogP contribution is -2.34. The van der Waals surface area contributed by atoms with Gasteiger partial charge in [-0.15, -0.1) is 0 Å². The van der Waals surface area contributed by atoms with E-state index in [1.165, 1.54) is 5.56 Å². The number of nitrogens with zero attached hydrogens (tertiary/aromatic N) is 2. The molecule has 1 atom stereocenters. The number of anilines is 1. The summed E-state index contributed by atoms with van der Waals surface area (Å²) < 4.78 is 0. The highest BCUT2D eigenvalue weighted by atomic mass is 32.1. The lowest BCUT2D eigenvalue weighted by atomic mass is 10.1. The van der Waals surface area contributed by atoms with E-state index in [0.29, 0.717) is 17.8 Å². The van der Waals surface area contributed by atoms with Gasteiger partial charge in [0.2, 0.25) is 0 Å². The fraction of sp³-hybridized carbons (Fsp3) is 0.227. The third kappa shape index (κ3) is 4.63. The van der Waals surface area contributed by atoms with E-state index < -0.39 is 0 Å². The molecule has 0 saturated carbocycles. The molecule has 6 nitrogen and oxygen atoms in total. The summed E-state index contributed by atoms with van der Waals surface area (Å²) in [5, 5.41) is 9.93. The summed E-state index contributed by atoms with van der Waals surface area (Å²) in [6.07, 6.45) is 3.66. The van der Waals surface area contributed by atoms with E-state index in [1.807, 2.05) is 28.5 Å². The van der Waals surface area contributed by atoms with Gasteiger partial charge in [0, 0.05) is 24.0 Å². The van der Waals surface area contributed by atoms with E-state index in [1.54, 1.807) is 41.8 Å². The predicted octanol–water partition coefficient (Wildman–Crippen LogP) is 4.44. The normalized spacial score (nSPS) is 15.9. The minimum Gasteiger partial charge on any atom is -0.346 e. The van der Waals surface area contributed by atoms with Crippen molar-refractivity contribution in [2.45, 2.75) is 25.4 Å². The van der Waals surface area contributed by atoms with Crippen LogP contribution in [0.5, 0.6) is 0 Å². The van der Waals surface area contributed by atoms with Crippen molar-refractivity contribution in [2.24, 2.45) is 0 Å². The molecule has 1 aliphatic rings. The molecule has 7 heteroatoms. The van der Waals surface area contributed by atoms with Crippen LogP contribution in [0.2, 0.25) is 0 Å². The Morgan fingerprint density at radius 3 is 2.90 bits per heavy atom. The molecule has 0 spiro atoms. The maximum atomic E-state index is 12.8. The lowest BCUT2D eigenvalue weighted by Gasteiger charge is -2.24. The molecule has 148 valence electrons. The first-order valence-electron chi connectivity index (χ1n) is 9.58. The molecule has 4 rings (SSSR count). The Balaban J connectivity index is 1.39. The second-order valence-corrected chi connectivity index (χ2v) is 7.70. The molecule has 2 N–H and O–H groups in total. The number of hydrogen-bond acceptors (Lipinski definition) is 4. The van der Waals surface area contributed by atoms with Crippen molar-refractivity contribution >= 4 is 29.0 Å². The number of amides is 3. The molecule has 2 aromatic heterocycles. The van der Waals surface area contributed by atoms with Crippen molar-refractivity contribution in [3.63, 3.8) is 0 Å². The van der Waals surface area contributed by atoms with Crippen molar-refractivity contribution in [2.75, 3.05) is 11.9 Å². The maximum Gasteiger partial charge on any atom is 0.322 e. The summed E-state index contributed by atoms with van der Waals surface area (Å²) >= 11 is 1.65. The molecule has 1 aromatic carbocycles. The molecule has 0 bridgehead atoms. The molecule has 29 heavy (non-hydrogen) atoms. The molecule has 0 aliphatic carbocycles. The van der Waals surface area contributed by atoms with Crippen molar-refractivity contribution in [1.29, 1.82) is 0 Å². The maximum absolute atomic E-state index is 12.8. The average molecular weight is 407 g/mol. The van der Waals surface area contributed by atoms with E-state index >= 15 is 0 Å². The Hall–Kier alpha value is -3.19. The predicted molar refractivity (Wildman–Crippen MR) is 114 cm³/mol. The quantitative estimate of drug-likeness (QED) is 0.658. The van der Waals surface area contributed by atoms with Crippen molar-refractivity contribution < 1.29 is 9.59 Å². The standard InChI is InChI=1S/C22H22N4O2S/c27-21(24-14-19-6-1-2-10-23-19)16-5-3-7-18(13-16)25-22(28)26-11-4-8-20(26)17-9-12-29-15-17/h1-3,5-7,9-10,12-13,15,20H,4,8,11,14H2,(H,24,27)(H,25,28). The Bertz CT molecular complexity index is 975. The van der Waals surface area contributed by atoms with Crippen molar-refractivity contribution in [1.82, 2.24) is 15.2 Å². The number of nitrogens with one attached hydrogen (secondary N) is 2. The van der Waals surface area contributed by atoms with Crippen LogP contribution < -0.4 is 10.6 Å². The van der Waals surface area contributed by atoms with Crippen LogP contribution in [-0.2, 0) is 6.54 Å². The Morgan fingerprint density at radius 1 is 1.17 bits per heavy atom. The summed E-state index contributed by atoms with van der Waals surface area (Å²) in [6.45, 7) is 1.09. The van der Waals surface area contributed by atoms with Crippen LogP contribution in [0.25, 0.3) is 0 Å². The van der Waals surface area contributed by atoms with Gasteiger partial charge >= 0.3 is 6.03 Å². The number of hydrogen-bond donors (Lipinski definition) is 2. The Morgan fingerprint density at radius 2 is 2.10 bits per heavy atom. The van der Waals surface area contributed by atoms with E-state index in [9.17, 15) is 9.59 Å². The van der Waals surface area contributed by atoms with Crippen molar-refractivity contribution in [3.05, 3.63) is 82.3 Å². The molecule has 1 unspecified atom stereocenters. The number of likely N-dealkylation sites (tertiary alicyclic amines) is 1. The third-order valence-electron chi connectivity index (χ3n) is 4.97. The highest BCUT2D eigenvalue weighted by molar-refractivity contribution is 7.08. The summed E-state index contributed by atoms with van der Waals surface area (Å²) in [6, 6.07) is 14.6. The van der Waals surface area contributed by atoms with E-state index in [0.717, 1.165) is 25.1 Å². The van der Waals surface area contributed by atoms with Gasteiger partial charge in [-0.1, -0.05) is 12.1 Å². The number of thiophene rings is 1. The van der Waals surface area contributed by atoms with Gasteiger partial charge in [-0.2, -0.15) is 11.3 Å². The number of carbonyl (C=O) groups excluding carboxylic acids is 2. The topological polar surface area (TPSA) is 74.3 Å². The molecule has 1 aliphatic heterocycles. The number of carbonyl (C=O) groups is 2. The number of urea groups is 1. The first-order chi connectivity index (χ1) is 14.2. The van der Waals surface area contributed by atoms with Gasteiger partial charge in [-0.05, 0) is 65.6 Å². The Kier molecular flexibility index (Phi) is 5.86. The second-order valence-electron chi connectivity index (χ2n) is 6.92. The smallest absolute Gasteiger partial charge is 0.322 e. The summed E-state index contributed by atoms with van der Waals surface area (Å²) in [7, 11) is 0. The van der Waals surface area contributed by atoms with Crippen LogP contribution in [0.1, 0.15) is 40.5 Å². The van der Waals surface area contributed by atoms with Gasteiger partial charge in [0.05, 0.1) is 18.3 Å². The van der Waals surface area contributed by atoms with Gasteiger partial charge in [0.15, 0.2) is 0 Å². The number of benzene rings is 1. The third-order valence-corrected chi connectivity index (χ3v) is 5.68. The van der Waals surface area contributed by atoms with E-state index in [2.05, 4.69) is 27.1 Å². The summed E-state index contributed by atoms with van der Waals surface area (Å²) in [4.78, 5) is 31.3. The monoisotopic (exact) mass is 406 g/mol. The van der Waals surface area contributed by atoms with Gasteiger partial charge in [-0.3, -0.25) is 9.78 Å². The van der Waals surface area contributed by atoms with Crippen LogP contribution in [0.3, 0.4) is 0 Å². The zero-order chi connectivity index (χ0) is 20.1. The van der Waals surface area contributed by atoms with Gasteiger partial charge < -0.3 is 15.5 Å². The summed E-state index contributed by atoms with van der Waals surface area (Å²) in [5.41, 5.74) is 3.08. The minimum atomic E-state index is -0.205. The van der Waals surface area contributed by atoms with Gasteiger partial charge in [-0.25, -0.2) is 4.79 Å². The van der Waals surface area contributed by atoms with Crippen LogP contribution in [0, 0.1) is 0 Å². The SMILES string of the molecule is O=C(NCc1ccccn1)c1cccc(NC(=O)N2CCCC2c2ccsc2)c1. The molecule has 3 heterocycles. The number of pyridine rings is 1. The zero-order valence-corrected chi connectivity index (χ0v) is 16.7. The first-order valence-corrected chi connectivity index (χ1v) is 10.5. The average Bonchev–Trinajstić information content (AvgIpc) is 3.44. The highest BCUT2D eigenvalue weighted by Crippen LogP contribution is 2.33. The van der Waals surface area contributed by atoms with E-state index in [-0.39, 0.29) is 18.0 Å². The largest absolute Gasteiger partial charge is 0.346 e. The molecular formula is C22H22N4O2S. The fourth-order valence-electron chi connectivity index (χ4n) is 3.53. The van der Waals surface area contributed by atoms with Crippen LogP contribution in [0.15, 0.2) is 65.5 Å². The lowest BCUT2D eigenvalue weighted by molar-refractivity contribution is 0.0950.